The molecular weight excluding hydrogens is 721 g/mol. The lowest BCUT2D eigenvalue weighted by atomic mass is 10.2. The minimum atomic E-state index is -7.68. The fraction of sp³-hybridized carbons (Fsp3) is 0.462. The van der Waals surface area contributed by atoms with Crippen LogP contribution in [0.15, 0.2) is 60.7 Å². The number of carbonyl (C=O) groups excluding carboxylic acids is 2. The monoisotopic (exact) mass is 746 g/mol. The standard InChI is InChI=1S/2C11H13OS.C4H2F8O6S2/c2*12-11(13-8-4-5-9-13)10-6-2-1-3-7-10;5-1(6,3(9,10)19(13,14)15)2(7,8)4(11,12)20(16,17)18/h2*1-3,6-7H,4-5,8-9H2;(H,13,14,15)(H,16,17,18)/q2*+1;/p-2. The molecule has 4 rings (SSSR count). The average molecular weight is 747 g/mol. The Morgan fingerprint density at radius 3 is 0.978 bits per heavy atom. The van der Waals surface area contributed by atoms with E-state index in [0.29, 0.717) is 10.2 Å². The molecule has 2 aliphatic rings. The normalized spacial score (nSPS) is 17.0. The van der Waals surface area contributed by atoms with Gasteiger partial charge in [0.25, 0.3) is 0 Å². The first-order valence-corrected chi connectivity index (χ1v) is 18.9. The Morgan fingerprint density at radius 1 is 0.522 bits per heavy atom. The maximum atomic E-state index is 12.5. The van der Waals surface area contributed by atoms with Gasteiger partial charge in [-0.15, -0.1) is 0 Å². The average Bonchev–Trinajstić information content (AvgIpc) is 3.72. The van der Waals surface area contributed by atoms with E-state index in [4.69, 9.17) is 0 Å². The van der Waals surface area contributed by atoms with Crippen molar-refractivity contribution in [2.45, 2.75) is 48.0 Å². The molecule has 46 heavy (non-hydrogen) atoms. The van der Waals surface area contributed by atoms with Crippen molar-refractivity contribution in [2.24, 2.45) is 0 Å². The van der Waals surface area contributed by atoms with E-state index in [1.807, 2.05) is 60.7 Å². The molecule has 2 heterocycles. The van der Waals surface area contributed by atoms with Crippen molar-refractivity contribution in [1.82, 2.24) is 0 Å². The number of halogens is 8. The van der Waals surface area contributed by atoms with Gasteiger partial charge in [0.1, 0.15) is 23.0 Å². The van der Waals surface area contributed by atoms with E-state index in [0.717, 1.165) is 34.1 Å². The molecule has 0 atom stereocenters. The van der Waals surface area contributed by atoms with Crippen LogP contribution in [0, 0.1) is 0 Å². The highest BCUT2D eigenvalue weighted by atomic mass is 32.2. The zero-order valence-electron chi connectivity index (χ0n) is 23.4. The molecule has 2 aliphatic heterocycles. The first-order chi connectivity index (χ1) is 21.0. The van der Waals surface area contributed by atoms with Gasteiger partial charge in [0.15, 0.2) is 20.2 Å². The van der Waals surface area contributed by atoms with Gasteiger partial charge in [-0.3, -0.25) is 0 Å². The SMILES string of the molecule is O=C(c1ccccc1)[S+]1CCCC1.O=C(c1ccccc1)[S+]1CCCC1.O=S(=O)([O-])C(F)(F)C(F)(F)C(F)(F)C(F)(F)S(=O)(=O)[O-]. The van der Waals surface area contributed by atoms with Crippen LogP contribution in [0.25, 0.3) is 0 Å². The van der Waals surface area contributed by atoms with E-state index >= 15 is 0 Å². The molecule has 0 radical (unpaired) electrons. The van der Waals surface area contributed by atoms with Crippen LogP contribution in [0.1, 0.15) is 46.4 Å². The number of carbonyl (C=O) groups is 2. The van der Waals surface area contributed by atoms with Gasteiger partial charge in [-0.1, -0.05) is 36.4 Å². The Balaban J connectivity index is 0.000000247. The second-order valence-electron chi connectivity index (χ2n) is 9.61. The first-order valence-electron chi connectivity index (χ1n) is 13.0. The van der Waals surface area contributed by atoms with Gasteiger partial charge in [0, 0.05) is 0 Å². The van der Waals surface area contributed by atoms with Crippen molar-refractivity contribution in [3.63, 3.8) is 0 Å². The molecule has 0 unspecified atom stereocenters. The molecule has 258 valence electrons. The quantitative estimate of drug-likeness (QED) is 0.218. The smallest absolute Gasteiger partial charge is 0.402 e. The summed E-state index contributed by atoms with van der Waals surface area (Å²) >= 11 is 0. The Labute approximate surface area is 265 Å². The third-order valence-corrected chi connectivity index (χ3v) is 12.8. The lowest BCUT2D eigenvalue weighted by Gasteiger charge is -2.37. The zero-order chi connectivity index (χ0) is 35.2. The van der Waals surface area contributed by atoms with Gasteiger partial charge in [0.05, 0.1) is 32.9 Å². The number of alkyl halides is 8. The molecule has 0 saturated carbocycles. The number of rotatable bonds is 7. The number of benzene rings is 2. The minimum absolute atomic E-state index is 0.0381. The lowest BCUT2D eigenvalue weighted by Crippen LogP contribution is -2.66. The highest BCUT2D eigenvalue weighted by Crippen LogP contribution is 2.55. The molecule has 2 saturated heterocycles. The predicted molar refractivity (Wildman–Crippen MR) is 153 cm³/mol. The summed E-state index contributed by atoms with van der Waals surface area (Å²) in [5.41, 5.74) is 1.79. The fourth-order valence-corrected chi connectivity index (χ4v) is 9.02. The van der Waals surface area contributed by atoms with Crippen LogP contribution >= 0.6 is 0 Å². The molecule has 2 aromatic rings. The van der Waals surface area contributed by atoms with E-state index in [1.165, 1.54) is 25.7 Å². The molecule has 0 spiro atoms. The van der Waals surface area contributed by atoms with Crippen LogP contribution in [0.2, 0.25) is 0 Å². The number of hydrogen-bond donors (Lipinski definition) is 0. The van der Waals surface area contributed by atoms with Gasteiger partial charge < -0.3 is 9.11 Å². The van der Waals surface area contributed by atoms with Crippen molar-refractivity contribution < 1.29 is 70.7 Å². The van der Waals surface area contributed by atoms with Crippen LogP contribution < -0.4 is 0 Å². The molecule has 0 aliphatic carbocycles. The van der Waals surface area contributed by atoms with E-state index < -0.39 is 42.6 Å². The molecule has 0 bridgehead atoms. The molecular formula is C26H26F8O8S4. The van der Waals surface area contributed by atoms with E-state index in [-0.39, 0.29) is 21.8 Å². The molecule has 8 nitrogen and oxygen atoms in total. The van der Waals surface area contributed by atoms with Crippen molar-refractivity contribution in [3.8, 4) is 0 Å². The molecule has 0 amide bonds. The molecule has 0 aromatic heterocycles. The highest BCUT2D eigenvalue weighted by Gasteiger charge is 2.84. The van der Waals surface area contributed by atoms with E-state index in [2.05, 4.69) is 0 Å². The summed E-state index contributed by atoms with van der Waals surface area (Å²) in [6.07, 6.45) is 4.95. The van der Waals surface area contributed by atoms with Gasteiger partial charge in [-0.2, -0.15) is 35.1 Å². The summed E-state index contributed by atoms with van der Waals surface area (Å²) in [7, 11) is -15.1. The maximum Gasteiger partial charge on any atom is 0.402 e. The number of hydrogen-bond acceptors (Lipinski definition) is 8. The Bertz CT molecular complexity index is 1430. The molecule has 2 aromatic carbocycles. The second kappa shape index (κ2) is 15.3. The summed E-state index contributed by atoms with van der Waals surface area (Å²) in [4.78, 5) is 23.7. The van der Waals surface area contributed by atoms with Gasteiger partial charge in [0.2, 0.25) is 0 Å². The van der Waals surface area contributed by atoms with Crippen LogP contribution in [0.3, 0.4) is 0 Å². The minimum Gasteiger partial charge on any atom is -0.743 e. The van der Waals surface area contributed by atoms with Crippen molar-refractivity contribution in [1.29, 1.82) is 0 Å². The van der Waals surface area contributed by atoms with Crippen LogP contribution in [-0.2, 0) is 42.0 Å². The second-order valence-corrected chi connectivity index (χ2v) is 16.8. The van der Waals surface area contributed by atoms with Gasteiger partial charge in [-0.05, 0) is 49.9 Å². The Morgan fingerprint density at radius 2 is 0.761 bits per heavy atom. The molecule has 20 heteroatoms. The fourth-order valence-electron chi connectivity index (χ4n) is 3.84. The lowest BCUT2D eigenvalue weighted by molar-refractivity contribution is -0.327. The third-order valence-electron chi connectivity index (χ3n) is 6.36. The zero-order valence-corrected chi connectivity index (χ0v) is 26.6. The largest absolute Gasteiger partial charge is 0.743 e. The molecule has 0 N–H and O–H groups in total. The molecule has 2 fully saturated rings. The summed E-state index contributed by atoms with van der Waals surface area (Å²) < 4.78 is 158. The van der Waals surface area contributed by atoms with Crippen molar-refractivity contribution >= 4 is 52.3 Å². The summed E-state index contributed by atoms with van der Waals surface area (Å²) in [5.74, 6) is -10.9. The Hall–Kier alpha value is -2.26. The van der Waals surface area contributed by atoms with Crippen molar-refractivity contribution in [2.75, 3.05) is 23.0 Å². The van der Waals surface area contributed by atoms with Crippen LogP contribution in [-0.4, -0.2) is 81.5 Å². The van der Waals surface area contributed by atoms with Crippen LogP contribution in [0.5, 0.6) is 0 Å². The predicted octanol–water partition coefficient (Wildman–Crippen LogP) is 5.01. The van der Waals surface area contributed by atoms with Gasteiger partial charge >= 0.3 is 32.6 Å². The van der Waals surface area contributed by atoms with E-state index in [9.17, 15) is 70.7 Å². The first kappa shape index (κ1) is 39.9. The topological polar surface area (TPSA) is 149 Å². The van der Waals surface area contributed by atoms with Crippen LogP contribution in [0.4, 0.5) is 35.1 Å². The van der Waals surface area contributed by atoms with E-state index in [1.54, 1.807) is 0 Å². The maximum absolute atomic E-state index is 12.5. The summed E-state index contributed by atoms with van der Waals surface area (Å²) in [6, 6.07) is 19.4. The van der Waals surface area contributed by atoms with Crippen molar-refractivity contribution in [3.05, 3.63) is 71.8 Å². The summed E-state index contributed by atoms with van der Waals surface area (Å²) in [5, 5.41) is -13.9. The Kier molecular flexibility index (Phi) is 13.3. The van der Waals surface area contributed by atoms with Gasteiger partial charge in [-0.25, -0.2) is 26.4 Å². The third kappa shape index (κ3) is 8.80. The summed E-state index contributed by atoms with van der Waals surface area (Å²) in [6.45, 7) is 0. The highest BCUT2D eigenvalue weighted by molar-refractivity contribution is 8.11.